The van der Waals surface area contributed by atoms with Crippen molar-refractivity contribution in [3.8, 4) is 5.82 Å². The summed E-state index contributed by atoms with van der Waals surface area (Å²) in [6, 6.07) is 4.09. The van der Waals surface area contributed by atoms with E-state index in [1.165, 1.54) is 21.4 Å². The largest absolute Gasteiger partial charge is 0.389 e. The van der Waals surface area contributed by atoms with E-state index < -0.39 is 11.4 Å². The van der Waals surface area contributed by atoms with Crippen LogP contribution in [0.4, 0.5) is 4.39 Å². The lowest BCUT2D eigenvalue weighted by Gasteiger charge is -2.08. The highest BCUT2D eigenvalue weighted by molar-refractivity contribution is 5.82. The van der Waals surface area contributed by atoms with Gasteiger partial charge in [0.1, 0.15) is 12.1 Å². The average molecular weight is 354 g/mol. The molecule has 0 amide bonds. The Hall–Kier alpha value is -3.07. The summed E-state index contributed by atoms with van der Waals surface area (Å²) in [4.78, 5) is 17.0. The Kier molecular flexibility index (Phi) is 2.91. The fourth-order valence-corrected chi connectivity index (χ4v) is 3.29. The highest BCUT2D eigenvalue weighted by Gasteiger charge is 2.41. The number of halogens is 1. The van der Waals surface area contributed by atoms with Gasteiger partial charge in [-0.15, -0.1) is 5.10 Å². The van der Waals surface area contributed by atoms with Gasteiger partial charge >= 0.3 is 0 Å². The van der Waals surface area contributed by atoms with Crippen molar-refractivity contribution in [3.05, 3.63) is 52.6 Å². The van der Waals surface area contributed by atoms with Crippen molar-refractivity contribution >= 4 is 16.6 Å². The molecule has 3 aromatic heterocycles. The first-order valence-corrected chi connectivity index (χ1v) is 8.24. The molecule has 26 heavy (non-hydrogen) atoms. The SMILES string of the molecule is Cn1c(=O)c2cc(F)ccc2n2cnc(-n3cc(CC4(O)CC4)nn3)c12. The van der Waals surface area contributed by atoms with E-state index in [0.29, 0.717) is 29.1 Å². The normalized spacial score (nSPS) is 15.8. The second-order valence-electron chi connectivity index (χ2n) is 6.84. The lowest BCUT2D eigenvalue weighted by molar-refractivity contribution is 0.149. The van der Waals surface area contributed by atoms with Gasteiger partial charge in [0, 0.05) is 13.5 Å². The zero-order valence-electron chi connectivity index (χ0n) is 13.9. The number of hydrogen-bond acceptors (Lipinski definition) is 5. The second-order valence-corrected chi connectivity index (χ2v) is 6.84. The predicted octanol–water partition coefficient (Wildman–Crippen LogP) is 0.973. The summed E-state index contributed by atoms with van der Waals surface area (Å²) in [5.74, 6) is -0.0226. The summed E-state index contributed by atoms with van der Waals surface area (Å²) in [7, 11) is 1.61. The Balaban J connectivity index is 1.71. The molecule has 3 heterocycles. The summed E-state index contributed by atoms with van der Waals surface area (Å²) >= 11 is 0. The molecule has 0 bridgehead atoms. The number of imidazole rings is 1. The first-order valence-electron chi connectivity index (χ1n) is 8.24. The molecule has 1 aromatic carbocycles. The Bertz CT molecular complexity index is 1230. The maximum Gasteiger partial charge on any atom is 0.261 e. The number of aryl methyl sites for hydroxylation is 1. The van der Waals surface area contributed by atoms with Gasteiger partial charge in [-0.05, 0) is 31.0 Å². The number of rotatable bonds is 3. The molecule has 0 radical (unpaired) electrons. The number of nitrogens with zero attached hydrogens (tertiary/aromatic N) is 6. The predicted molar refractivity (Wildman–Crippen MR) is 90.7 cm³/mol. The van der Waals surface area contributed by atoms with E-state index in [-0.39, 0.29) is 10.9 Å². The first-order chi connectivity index (χ1) is 12.5. The van der Waals surface area contributed by atoms with Crippen LogP contribution < -0.4 is 5.56 Å². The van der Waals surface area contributed by atoms with Crippen molar-refractivity contribution in [3.63, 3.8) is 0 Å². The van der Waals surface area contributed by atoms with E-state index >= 15 is 0 Å². The lowest BCUT2D eigenvalue weighted by atomic mass is 10.2. The lowest BCUT2D eigenvalue weighted by Crippen LogP contribution is -2.20. The van der Waals surface area contributed by atoms with Crippen LogP contribution in [0.2, 0.25) is 0 Å². The van der Waals surface area contributed by atoms with Crippen LogP contribution in [0.5, 0.6) is 0 Å². The maximum atomic E-state index is 13.5. The van der Waals surface area contributed by atoms with Crippen LogP contribution in [0, 0.1) is 5.82 Å². The zero-order chi connectivity index (χ0) is 18.1. The molecule has 0 atom stereocenters. The van der Waals surface area contributed by atoms with E-state index in [9.17, 15) is 14.3 Å². The smallest absolute Gasteiger partial charge is 0.261 e. The Morgan fingerprint density at radius 1 is 1.35 bits per heavy atom. The van der Waals surface area contributed by atoms with Crippen LogP contribution in [0.1, 0.15) is 18.5 Å². The van der Waals surface area contributed by atoms with Gasteiger partial charge in [0.2, 0.25) is 0 Å². The molecular weight excluding hydrogens is 339 g/mol. The molecule has 1 N–H and O–H groups in total. The fraction of sp³-hybridized carbons (Fsp3) is 0.294. The summed E-state index contributed by atoms with van der Waals surface area (Å²) in [6.07, 6.45) is 5.26. The van der Waals surface area contributed by atoms with Gasteiger partial charge < -0.3 is 5.11 Å². The molecule has 0 saturated heterocycles. The minimum atomic E-state index is -0.662. The number of fused-ring (bicyclic) bond motifs is 3. The molecular formula is C17H15FN6O2. The summed E-state index contributed by atoms with van der Waals surface area (Å²) < 4.78 is 18.2. The van der Waals surface area contributed by atoms with E-state index in [4.69, 9.17) is 0 Å². The van der Waals surface area contributed by atoms with Crippen molar-refractivity contribution < 1.29 is 9.50 Å². The van der Waals surface area contributed by atoms with E-state index in [1.807, 2.05) is 0 Å². The summed E-state index contributed by atoms with van der Waals surface area (Å²) in [6.45, 7) is 0. The van der Waals surface area contributed by atoms with Gasteiger partial charge in [0.15, 0.2) is 11.5 Å². The molecule has 8 nitrogen and oxygen atoms in total. The molecule has 1 fully saturated rings. The van der Waals surface area contributed by atoms with Crippen LogP contribution >= 0.6 is 0 Å². The number of aliphatic hydroxyl groups is 1. The Morgan fingerprint density at radius 3 is 2.92 bits per heavy atom. The minimum Gasteiger partial charge on any atom is -0.389 e. The standard InChI is InChI=1S/C17H15FN6O2/c1-22-15-14(24-8-11(20-21-24)7-17(26)4-5-17)19-9-23(15)13-3-2-10(18)6-12(13)16(22)25/h2-3,6,8-9,26H,4-5,7H2,1H3. The number of hydrogen-bond donors (Lipinski definition) is 1. The van der Waals surface area contributed by atoms with Crippen LogP contribution in [-0.2, 0) is 13.5 Å². The van der Waals surface area contributed by atoms with Crippen LogP contribution in [0.15, 0.2) is 35.5 Å². The zero-order valence-corrected chi connectivity index (χ0v) is 13.9. The number of benzene rings is 1. The Labute approximate surface area is 146 Å². The molecule has 5 rings (SSSR count). The van der Waals surface area contributed by atoms with Gasteiger partial charge in [-0.25, -0.2) is 9.37 Å². The quantitative estimate of drug-likeness (QED) is 0.592. The third-order valence-corrected chi connectivity index (χ3v) is 4.89. The highest BCUT2D eigenvalue weighted by Crippen LogP contribution is 2.37. The monoisotopic (exact) mass is 354 g/mol. The van der Waals surface area contributed by atoms with E-state index in [0.717, 1.165) is 12.8 Å². The topological polar surface area (TPSA) is 90.2 Å². The van der Waals surface area contributed by atoms with Gasteiger partial charge in [-0.3, -0.25) is 13.8 Å². The summed E-state index contributed by atoms with van der Waals surface area (Å²) in [5, 5.41) is 18.5. The Morgan fingerprint density at radius 2 is 2.15 bits per heavy atom. The second kappa shape index (κ2) is 4.98. The average Bonchev–Trinajstić information content (AvgIpc) is 3.00. The van der Waals surface area contributed by atoms with Gasteiger partial charge in [0.25, 0.3) is 5.56 Å². The third kappa shape index (κ3) is 2.17. The van der Waals surface area contributed by atoms with Gasteiger partial charge in [0.05, 0.1) is 28.4 Å². The third-order valence-electron chi connectivity index (χ3n) is 4.89. The van der Waals surface area contributed by atoms with Crippen LogP contribution in [0.3, 0.4) is 0 Å². The minimum absolute atomic E-state index is 0.277. The molecule has 0 unspecified atom stereocenters. The van der Waals surface area contributed by atoms with Crippen molar-refractivity contribution in [2.24, 2.45) is 7.05 Å². The van der Waals surface area contributed by atoms with Gasteiger partial charge in [-0.2, -0.15) is 4.68 Å². The van der Waals surface area contributed by atoms with E-state index in [1.54, 1.807) is 30.0 Å². The first kappa shape index (κ1) is 15.2. The molecule has 1 saturated carbocycles. The van der Waals surface area contributed by atoms with Crippen molar-refractivity contribution in [1.82, 2.24) is 28.9 Å². The molecule has 1 aliphatic rings. The van der Waals surface area contributed by atoms with Gasteiger partial charge in [-0.1, -0.05) is 5.21 Å². The van der Waals surface area contributed by atoms with E-state index in [2.05, 4.69) is 15.3 Å². The van der Waals surface area contributed by atoms with Crippen LogP contribution in [-0.4, -0.2) is 39.7 Å². The maximum absolute atomic E-state index is 13.5. The molecule has 0 aliphatic heterocycles. The molecule has 9 heteroatoms. The van der Waals surface area contributed by atoms with Crippen molar-refractivity contribution in [1.29, 1.82) is 0 Å². The van der Waals surface area contributed by atoms with Crippen molar-refractivity contribution in [2.45, 2.75) is 24.9 Å². The number of aromatic nitrogens is 6. The highest BCUT2D eigenvalue weighted by atomic mass is 19.1. The molecule has 132 valence electrons. The molecule has 1 aliphatic carbocycles. The fourth-order valence-electron chi connectivity index (χ4n) is 3.29. The van der Waals surface area contributed by atoms with Crippen molar-refractivity contribution in [2.75, 3.05) is 0 Å². The molecule has 0 spiro atoms. The molecule has 4 aromatic rings. The van der Waals surface area contributed by atoms with Crippen LogP contribution in [0.25, 0.3) is 22.4 Å². The summed E-state index contributed by atoms with van der Waals surface area (Å²) in [5.41, 5.74) is 0.775.